The maximum absolute atomic E-state index is 13.2. The third kappa shape index (κ3) is 3.79. The van der Waals surface area contributed by atoms with Crippen molar-refractivity contribution in [3.63, 3.8) is 0 Å². The minimum Gasteiger partial charge on any atom is -0.333 e. The second-order valence-electron chi connectivity index (χ2n) is 7.29. The molecule has 0 aliphatic carbocycles. The second-order valence-corrected chi connectivity index (χ2v) is 7.67. The van der Waals surface area contributed by atoms with Crippen molar-refractivity contribution in [3.05, 3.63) is 52.3 Å². The van der Waals surface area contributed by atoms with Gasteiger partial charge in [0, 0.05) is 19.6 Å². The van der Waals surface area contributed by atoms with Gasteiger partial charge in [-0.15, -0.1) is 0 Å². The van der Waals surface area contributed by atoms with Crippen molar-refractivity contribution < 1.29 is 4.79 Å². The van der Waals surface area contributed by atoms with Crippen molar-refractivity contribution in [1.82, 2.24) is 19.6 Å². The van der Waals surface area contributed by atoms with Crippen LogP contribution in [0.5, 0.6) is 0 Å². The molecule has 1 fully saturated rings. The molecule has 26 heavy (non-hydrogen) atoms. The predicted octanol–water partition coefficient (Wildman–Crippen LogP) is 3.30. The number of carbonyl (C=O) groups is 1. The minimum atomic E-state index is -0.154. The number of amides is 1. The Morgan fingerprint density at radius 1 is 1.27 bits per heavy atom. The van der Waals surface area contributed by atoms with E-state index in [0.717, 1.165) is 31.0 Å². The molecule has 2 aromatic rings. The average Bonchev–Trinajstić information content (AvgIpc) is 2.88. The highest BCUT2D eigenvalue weighted by atomic mass is 35.5. The average molecular weight is 375 g/mol. The molecule has 0 saturated carbocycles. The highest BCUT2D eigenvalue weighted by molar-refractivity contribution is 6.31. The van der Waals surface area contributed by atoms with Gasteiger partial charge in [-0.1, -0.05) is 48.9 Å². The molecule has 0 radical (unpaired) electrons. The number of hydrogen-bond donors (Lipinski definition) is 0. The van der Waals surface area contributed by atoms with E-state index in [1.54, 1.807) is 0 Å². The third-order valence-corrected chi connectivity index (χ3v) is 5.76. The fourth-order valence-corrected chi connectivity index (χ4v) is 3.75. The van der Waals surface area contributed by atoms with Gasteiger partial charge < -0.3 is 9.80 Å². The van der Waals surface area contributed by atoms with Gasteiger partial charge in [-0.2, -0.15) is 5.10 Å². The number of aromatic nitrogens is 2. The largest absolute Gasteiger partial charge is 0.333 e. The number of piperazine rings is 1. The summed E-state index contributed by atoms with van der Waals surface area (Å²) in [5, 5.41) is 5.16. The van der Waals surface area contributed by atoms with E-state index in [0.29, 0.717) is 11.6 Å². The molecule has 1 aliphatic rings. The van der Waals surface area contributed by atoms with Crippen molar-refractivity contribution in [1.29, 1.82) is 0 Å². The van der Waals surface area contributed by atoms with E-state index >= 15 is 0 Å². The fourth-order valence-electron chi connectivity index (χ4n) is 3.62. The molecule has 0 spiro atoms. The summed E-state index contributed by atoms with van der Waals surface area (Å²) in [4.78, 5) is 17.5. The van der Waals surface area contributed by atoms with Crippen molar-refractivity contribution in [2.24, 2.45) is 5.92 Å². The van der Waals surface area contributed by atoms with Gasteiger partial charge in [-0.05, 0) is 26.5 Å². The Balaban J connectivity index is 1.78. The second kappa shape index (κ2) is 7.80. The molecule has 2 atom stereocenters. The Morgan fingerprint density at radius 2 is 1.96 bits per heavy atom. The summed E-state index contributed by atoms with van der Waals surface area (Å²) in [5.41, 5.74) is 2.92. The van der Waals surface area contributed by atoms with Gasteiger partial charge in [0.15, 0.2) is 0 Å². The molecular formula is C20H27ClN4O. The number of aryl methyl sites for hydroxylation is 1. The number of likely N-dealkylation sites (N-methyl/N-ethyl adjacent to an activating group) is 1. The minimum absolute atomic E-state index is 0.0916. The fraction of sp³-hybridized carbons (Fsp3) is 0.500. The molecule has 1 saturated heterocycles. The van der Waals surface area contributed by atoms with Gasteiger partial charge in [-0.25, -0.2) is 0 Å². The lowest BCUT2D eigenvalue weighted by atomic mass is 10.00. The first-order valence-corrected chi connectivity index (χ1v) is 9.49. The standard InChI is InChI=1S/C20H27ClN4O/c1-14(12-25-16(3)19(21)15(2)22-25)20(26)24-11-10-23(4)13-18(24)17-8-6-5-7-9-17/h5-9,14,18H,10-13H2,1-4H3. The topological polar surface area (TPSA) is 41.4 Å². The number of carbonyl (C=O) groups excluding carboxylic acids is 1. The number of hydrogen-bond acceptors (Lipinski definition) is 3. The van der Waals surface area contributed by atoms with Crippen molar-refractivity contribution >= 4 is 17.5 Å². The summed E-state index contributed by atoms with van der Waals surface area (Å²) in [6.07, 6.45) is 0. The quantitative estimate of drug-likeness (QED) is 0.824. The van der Waals surface area contributed by atoms with Gasteiger partial charge >= 0.3 is 0 Å². The van der Waals surface area contributed by atoms with E-state index in [-0.39, 0.29) is 17.9 Å². The Hall–Kier alpha value is -1.85. The van der Waals surface area contributed by atoms with E-state index in [1.807, 2.05) is 48.6 Å². The molecular weight excluding hydrogens is 348 g/mol. The summed E-state index contributed by atoms with van der Waals surface area (Å²) in [6.45, 7) is 8.87. The Bertz CT molecular complexity index is 774. The molecule has 2 unspecified atom stereocenters. The molecule has 5 nitrogen and oxygen atoms in total. The van der Waals surface area contributed by atoms with Gasteiger partial charge in [0.2, 0.25) is 5.91 Å². The van der Waals surface area contributed by atoms with E-state index < -0.39 is 0 Å². The summed E-state index contributed by atoms with van der Waals surface area (Å²) >= 11 is 6.25. The lowest BCUT2D eigenvalue weighted by molar-refractivity contribution is -0.140. The van der Waals surface area contributed by atoms with Crippen LogP contribution in [0.15, 0.2) is 30.3 Å². The molecule has 1 aromatic heterocycles. The zero-order valence-electron chi connectivity index (χ0n) is 15.9. The van der Waals surface area contributed by atoms with Crippen LogP contribution in [-0.2, 0) is 11.3 Å². The van der Waals surface area contributed by atoms with Crippen molar-refractivity contribution in [2.45, 2.75) is 33.4 Å². The Kier molecular flexibility index (Phi) is 5.68. The molecule has 1 amide bonds. The van der Waals surface area contributed by atoms with Crippen LogP contribution in [-0.4, -0.2) is 52.2 Å². The maximum Gasteiger partial charge on any atom is 0.227 e. The first-order chi connectivity index (χ1) is 12.4. The number of benzene rings is 1. The zero-order chi connectivity index (χ0) is 18.8. The monoisotopic (exact) mass is 374 g/mol. The molecule has 140 valence electrons. The van der Waals surface area contributed by atoms with Crippen LogP contribution < -0.4 is 0 Å². The molecule has 1 aromatic carbocycles. The Labute approximate surface area is 160 Å². The van der Waals surface area contributed by atoms with Gasteiger partial charge in [0.1, 0.15) is 0 Å². The van der Waals surface area contributed by atoms with Crippen LogP contribution in [0.25, 0.3) is 0 Å². The molecule has 0 bridgehead atoms. The maximum atomic E-state index is 13.2. The summed E-state index contributed by atoms with van der Waals surface area (Å²) < 4.78 is 1.85. The predicted molar refractivity (Wildman–Crippen MR) is 104 cm³/mol. The lowest BCUT2D eigenvalue weighted by Crippen LogP contribution is -2.51. The highest BCUT2D eigenvalue weighted by Gasteiger charge is 2.32. The van der Waals surface area contributed by atoms with Crippen LogP contribution in [0.2, 0.25) is 5.02 Å². The van der Waals surface area contributed by atoms with E-state index in [4.69, 9.17) is 11.6 Å². The SMILES string of the molecule is Cc1nn(CC(C)C(=O)N2CCN(C)CC2c2ccccc2)c(C)c1Cl. The normalized spacial score (nSPS) is 19.6. The first-order valence-electron chi connectivity index (χ1n) is 9.12. The molecule has 2 heterocycles. The van der Waals surface area contributed by atoms with Crippen LogP contribution in [0.3, 0.4) is 0 Å². The first kappa shape index (κ1) is 18.9. The zero-order valence-corrected chi connectivity index (χ0v) is 16.7. The van der Waals surface area contributed by atoms with Crippen molar-refractivity contribution in [3.8, 4) is 0 Å². The van der Waals surface area contributed by atoms with Crippen LogP contribution in [0.1, 0.15) is 29.9 Å². The third-order valence-electron chi connectivity index (χ3n) is 5.21. The highest BCUT2D eigenvalue weighted by Crippen LogP contribution is 2.27. The van der Waals surface area contributed by atoms with E-state index in [9.17, 15) is 4.79 Å². The molecule has 3 rings (SSSR count). The number of rotatable bonds is 4. The van der Waals surface area contributed by atoms with Gasteiger partial charge in [0.25, 0.3) is 0 Å². The van der Waals surface area contributed by atoms with Gasteiger partial charge in [-0.3, -0.25) is 9.48 Å². The number of halogens is 1. The van der Waals surface area contributed by atoms with Crippen LogP contribution in [0, 0.1) is 19.8 Å². The summed E-state index contributed by atoms with van der Waals surface area (Å²) in [7, 11) is 2.11. The van der Waals surface area contributed by atoms with Gasteiger partial charge in [0.05, 0.1) is 34.9 Å². The molecule has 6 heteroatoms. The van der Waals surface area contributed by atoms with Crippen LogP contribution in [0.4, 0.5) is 0 Å². The Morgan fingerprint density at radius 3 is 2.58 bits per heavy atom. The number of nitrogens with zero attached hydrogens (tertiary/aromatic N) is 4. The molecule has 1 aliphatic heterocycles. The smallest absolute Gasteiger partial charge is 0.227 e. The summed E-state index contributed by atoms with van der Waals surface area (Å²) in [6, 6.07) is 10.4. The lowest BCUT2D eigenvalue weighted by Gasteiger charge is -2.41. The van der Waals surface area contributed by atoms with Crippen LogP contribution >= 0.6 is 11.6 Å². The van der Waals surface area contributed by atoms with E-state index in [1.165, 1.54) is 5.56 Å². The summed E-state index contributed by atoms with van der Waals surface area (Å²) in [5.74, 6) is 0.0225. The molecule has 0 N–H and O–H groups in total. The van der Waals surface area contributed by atoms with Crippen molar-refractivity contribution in [2.75, 3.05) is 26.7 Å². The van der Waals surface area contributed by atoms with E-state index in [2.05, 4.69) is 29.2 Å².